The first kappa shape index (κ1) is 22.7. The number of fused-ring (bicyclic) bond motifs is 1. The molecule has 1 N–H and O–H groups in total. The van der Waals surface area contributed by atoms with Crippen molar-refractivity contribution in [2.24, 2.45) is 0 Å². The lowest BCUT2D eigenvalue weighted by atomic mass is 10.0. The molecule has 0 radical (unpaired) electrons. The van der Waals surface area contributed by atoms with Crippen LogP contribution in [0.1, 0.15) is 23.2 Å². The lowest BCUT2D eigenvalue weighted by Gasteiger charge is -2.33. The number of carbonyl (C=O) groups excluding carboxylic acids is 1. The predicted molar refractivity (Wildman–Crippen MR) is 131 cm³/mol. The molecule has 0 atom stereocenters. The van der Waals surface area contributed by atoms with E-state index in [0.717, 1.165) is 53.8 Å². The zero-order valence-corrected chi connectivity index (χ0v) is 18.8. The van der Waals surface area contributed by atoms with Gasteiger partial charge in [0.05, 0.1) is 0 Å². The zero-order valence-electron chi connectivity index (χ0n) is 17.9. The summed E-state index contributed by atoms with van der Waals surface area (Å²) in [5, 5.41) is 14.2. The van der Waals surface area contributed by atoms with Crippen LogP contribution in [0.2, 0.25) is 0 Å². The third-order valence-corrected chi connectivity index (χ3v) is 5.95. The minimum Gasteiger partial charge on any atom is -0.354 e. The van der Waals surface area contributed by atoms with E-state index in [4.69, 9.17) is 0 Å². The number of hydrogen-bond donors (Lipinski definition) is 1. The normalized spacial score (nSPS) is 14.0. The van der Waals surface area contributed by atoms with Crippen molar-refractivity contribution in [1.82, 2.24) is 15.5 Å². The number of aromatic nitrogens is 2. The number of nitrogens with zero attached hydrogens (tertiary/aromatic N) is 3. The number of benzene rings is 3. The van der Waals surface area contributed by atoms with Gasteiger partial charge in [0.1, 0.15) is 11.5 Å². The van der Waals surface area contributed by atoms with Gasteiger partial charge in [-0.2, -0.15) is 0 Å². The van der Waals surface area contributed by atoms with Crippen molar-refractivity contribution in [2.45, 2.75) is 18.9 Å². The Morgan fingerprint density at radius 3 is 2.18 bits per heavy atom. The maximum Gasteiger partial charge on any atom is 0.251 e. The van der Waals surface area contributed by atoms with E-state index in [0.29, 0.717) is 5.56 Å². The van der Waals surface area contributed by atoms with Crippen molar-refractivity contribution in [3.05, 3.63) is 90.2 Å². The third kappa shape index (κ3) is 4.81. The minimum atomic E-state index is -0.273. The number of nitrogens with one attached hydrogen (secondary N) is 1. The van der Waals surface area contributed by atoms with Gasteiger partial charge in [0.2, 0.25) is 0 Å². The summed E-state index contributed by atoms with van der Waals surface area (Å²) in [6, 6.07) is 23.8. The summed E-state index contributed by atoms with van der Waals surface area (Å²) in [5.41, 5.74) is 2.27. The van der Waals surface area contributed by atoms with E-state index in [-0.39, 0.29) is 30.2 Å². The van der Waals surface area contributed by atoms with Crippen molar-refractivity contribution in [3.8, 4) is 11.3 Å². The molecule has 2 heterocycles. The highest BCUT2D eigenvalue weighted by Crippen LogP contribution is 2.32. The van der Waals surface area contributed by atoms with E-state index in [2.05, 4.69) is 26.5 Å². The van der Waals surface area contributed by atoms with Crippen LogP contribution in [0.15, 0.2) is 78.9 Å². The van der Waals surface area contributed by atoms with E-state index < -0.39 is 0 Å². The fourth-order valence-corrected chi connectivity index (χ4v) is 4.24. The van der Waals surface area contributed by atoms with Gasteiger partial charge in [0.15, 0.2) is 5.82 Å². The molecule has 0 unspecified atom stereocenters. The molecule has 1 aliphatic rings. The van der Waals surface area contributed by atoms with E-state index in [9.17, 15) is 9.18 Å². The molecular weight excluding hydrogens is 439 g/mol. The molecular formula is C26H24ClFN4O. The summed E-state index contributed by atoms with van der Waals surface area (Å²) >= 11 is 0. The van der Waals surface area contributed by atoms with Gasteiger partial charge < -0.3 is 10.2 Å². The molecule has 168 valence electrons. The molecule has 0 saturated carbocycles. The number of halogens is 2. The van der Waals surface area contributed by atoms with Crippen molar-refractivity contribution >= 4 is 34.9 Å². The number of amides is 1. The Kier molecular flexibility index (Phi) is 6.84. The average Bonchev–Trinajstić information content (AvgIpc) is 2.85. The fourth-order valence-electron chi connectivity index (χ4n) is 4.24. The van der Waals surface area contributed by atoms with Gasteiger partial charge in [-0.05, 0) is 49.2 Å². The molecule has 1 fully saturated rings. The first-order chi connectivity index (χ1) is 15.7. The lowest BCUT2D eigenvalue weighted by molar-refractivity contribution is 0.0931. The summed E-state index contributed by atoms with van der Waals surface area (Å²) < 4.78 is 13.4. The quantitative estimate of drug-likeness (QED) is 0.449. The minimum absolute atomic E-state index is 0. The van der Waals surface area contributed by atoms with Crippen LogP contribution < -0.4 is 10.2 Å². The Hall–Kier alpha value is -3.51. The molecule has 4 aromatic rings. The molecule has 5 rings (SSSR count). The molecule has 1 amide bonds. The second kappa shape index (κ2) is 9.96. The monoisotopic (exact) mass is 462 g/mol. The van der Waals surface area contributed by atoms with E-state index in [1.807, 2.05) is 48.5 Å². The van der Waals surface area contributed by atoms with Crippen LogP contribution in [0.4, 0.5) is 10.2 Å². The largest absolute Gasteiger partial charge is 0.354 e. The van der Waals surface area contributed by atoms with Crippen LogP contribution in [-0.4, -0.2) is 35.2 Å². The second-order valence-corrected chi connectivity index (χ2v) is 8.03. The molecule has 33 heavy (non-hydrogen) atoms. The van der Waals surface area contributed by atoms with Gasteiger partial charge in [0.25, 0.3) is 5.91 Å². The highest BCUT2D eigenvalue weighted by Gasteiger charge is 2.24. The van der Waals surface area contributed by atoms with Gasteiger partial charge in [-0.25, -0.2) is 4.39 Å². The number of hydrogen-bond acceptors (Lipinski definition) is 4. The first-order valence-corrected chi connectivity index (χ1v) is 10.8. The van der Waals surface area contributed by atoms with Gasteiger partial charge in [-0.1, -0.05) is 42.5 Å². The van der Waals surface area contributed by atoms with Gasteiger partial charge in [-0.3, -0.25) is 4.79 Å². The van der Waals surface area contributed by atoms with Crippen molar-refractivity contribution in [3.63, 3.8) is 0 Å². The Bertz CT molecular complexity index is 1240. The molecule has 0 bridgehead atoms. The fraction of sp³-hybridized carbons (Fsp3) is 0.192. The predicted octanol–water partition coefficient (Wildman–Crippen LogP) is 5.26. The van der Waals surface area contributed by atoms with E-state index in [1.54, 1.807) is 12.1 Å². The Morgan fingerprint density at radius 2 is 1.48 bits per heavy atom. The molecule has 3 aromatic carbocycles. The number of carbonyl (C=O) groups is 1. The van der Waals surface area contributed by atoms with Gasteiger partial charge >= 0.3 is 0 Å². The first-order valence-electron chi connectivity index (χ1n) is 10.8. The molecule has 0 spiro atoms. The molecule has 7 heteroatoms. The maximum absolute atomic E-state index is 13.4. The molecule has 5 nitrogen and oxygen atoms in total. The summed E-state index contributed by atoms with van der Waals surface area (Å²) in [5.74, 6) is 0.544. The van der Waals surface area contributed by atoms with Crippen LogP contribution in [-0.2, 0) is 0 Å². The smallest absolute Gasteiger partial charge is 0.251 e. The molecule has 0 aliphatic carbocycles. The Labute approximate surface area is 198 Å². The summed E-state index contributed by atoms with van der Waals surface area (Å²) in [6.07, 6.45) is 1.68. The SMILES string of the molecule is Cl.O=C(NC1CCN(c2nnc(-c3ccc(F)cc3)c3ccccc23)CC1)c1ccccc1. The summed E-state index contributed by atoms with van der Waals surface area (Å²) in [7, 11) is 0. The van der Waals surface area contributed by atoms with Gasteiger partial charge in [0, 0.05) is 41.0 Å². The lowest BCUT2D eigenvalue weighted by Crippen LogP contribution is -2.45. The van der Waals surface area contributed by atoms with Crippen molar-refractivity contribution < 1.29 is 9.18 Å². The second-order valence-electron chi connectivity index (χ2n) is 8.03. The van der Waals surface area contributed by atoms with Crippen molar-refractivity contribution in [1.29, 1.82) is 0 Å². The Balaban J connectivity index is 0.00000259. The van der Waals surface area contributed by atoms with Gasteiger partial charge in [-0.15, -0.1) is 22.6 Å². The topological polar surface area (TPSA) is 58.1 Å². The average molecular weight is 463 g/mol. The van der Waals surface area contributed by atoms with Crippen molar-refractivity contribution in [2.75, 3.05) is 18.0 Å². The molecule has 1 aromatic heterocycles. The zero-order chi connectivity index (χ0) is 21.9. The number of rotatable bonds is 4. The van der Waals surface area contributed by atoms with E-state index in [1.165, 1.54) is 12.1 Å². The molecule has 1 aliphatic heterocycles. The van der Waals surface area contributed by atoms with E-state index >= 15 is 0 Å². The highest BCUT2D eigenvalue weighted by molar-refractivity contribution is 6.00. The summed E-state index contributed by atoms with van der Waals surface area (Å²) in [4.78, 5) is 14.7. The molecule has 1 saturated heterocycles. The van der Waals surface area contributed by atoms with Crippen LogP contribution in [0.3, 0.4) is 0 Å². The van der Waals surface area contributed by atoms with Crippen LogP contribution in [0.5, 0.6) is 0 Å². The maximum atomic E-state index is 13.4. The van der Waals surface area contributed by atoms with Crippen LogP contribution in [0.25, 0.3) is 22.0 Å². The third-order valence-electron chi connectivity index (χ3n) is 5.95. The van der Waals surface area contributed by atoms with Crippen LogP contribution >= 0.6 is 12.4 Å². The van der Waals surface area contributed by atoms with Crippen LogP contribution in [0, 0.1) is 5.82 Å². The summed E-state index contributed by atoms with van der Waals surface area (Å²) in [6.45, 7) is 1.57. The highest BCUT2D eigenvalue weighted by atomic mass is 35.5. The Morgan fingerprint density at radius 1 is 0.848 bits per heavy atom. The number of anilines is 1. The standard InChI is InChI=1S/C26H23FN4O.ClH/c27-20-12-10-18(11-13-20)24-22-8-4-5-9-23(22)25(30-29-24)31-16-14-21(15-17-31)28-26(32)19-6-2-1-3-7-19;/h1-13,21H,14-17H2,(H,28,32);1H. The number of piperidine rings is 1.